The third kappa shape index (κ3) is 4.51. The lowest BCUT2D eigenvalue weighted by Gasteiger charge is -2.36. The average molecular weight is 461 g/mol. The fourth-order valence-corrected chi connectivity index (χ4v) is 4.31. The molecule has 0 N–H and O–H groups in total. The van der Waals surface area contributed by atoms with E-state index < -0.39 is 12.0 Å². The van der Waals surface area contributed by atoms with E-state index in [9.17, 15) is 18.0 Å². The highest BCUT2D eigenvalue weighted by Crippen LogP contribution is 2.31. The monoisotopic (exact) mass is 460 g/mol. The van der Waals surface area contributed by atoms with E-state index >= 15 is 0 Å². The molecule has 3 aromatic rings. The summed E-state index contributed by atoms with van der Waals surface area (Å²) in [5.41, 5.74) is 3.11. The quantitative estimate of drug-likeness (QED) is 0.577. The van der Waals surface area contributed by atoms with Crippen molar-refractivity contribution in [3.8, 4) is 0 Å². The molecule has 4 rings (SSSR count). The number of hydrogen-bond acceptors (Lipinski definition) is 5. The number of alkyl halides is 3. The Bertz CT molecular complexity index is 1160. The summed E-state index contributed by atoms with van der Waals surface area (Å²) >= 11 is 0. The Balaban J connectivity index is 1.51. The maximum absolute atomic E-state index is 13.5. The van der Waals surface area contributed by atoms with Crippen molar-refractivity contribution in [2.24, 2.45) is 5.92 Å². The van der Waals surface area contributed by atoms with Gasteiger partial charge in [-0.2, -0.15) is 17.7 Å². The molecule has 1 aliphatic heterocycles. The summed E-state index contributed by atoms with van der Waals surface area (Å²) in [5.74, 6) is -0.813. The maximum Gasteiger partial charge on any atom is 0.453 e. The van der Waals surface area contributed by atoms with Gasteiger partial charge in [0.2, 0.25) is 5.91 Å². The highest BCUT2D eigenvalue weighted by molar-refractivity contribution is 5.96. The van der Waals surface area contributed by atoms with Gasteiger partial charge in [-0.25, -0.2) is 0 Å². The minimum atomic E-state index is -4.64. The van der Waals surface area contributed by atoms with Crippen LogP contribution in [-0.4, -0.2) is 44.8 Å². The molecule has 176 valence electrons. The van der Waals surface area contributed by atoms with E-state index in [-0.39, 0.29) is 23.5 Å². The molecule has 1 amide bonds. The van der Waals surface area contributed by atoms with Gasteiger partial charge in [0.25, 0.3) is 5.82 Å². The molecule has 0 aliphatic carbocycles. The van der Waals surface area contributed by atoms with Crippen molar-refractivity contribution in [2.75, 3.05) is 22.9 Å². The van der Waals surface area contributed by atoms with Crippen LogP contribution in [0.1, 0.15) is 43.6 Å². The van der Waals surface area contributed by atoms with Gasteiger partial charge in [-0.05, 0) is 69.9 Å². The Morgan fingerprint density at radius 3 is 2.42 bits per heavy atom. The molecular formula is C23H27F3N6O. The summed E-state index contributed by atoms with van der Waals surface area (Å²) in [7, 11) is 0. The Morgan fingerprint density at radius 2 is 1.79 bits per heavy atom. The fraction of sp³-hybridized carbons (Fsp3) is 0.478. The molecule has 0 atom stereocenters. The van der Waals surface area contributed by atoms with Gasteiger partial charge < -0.3 is 9.80 Å². The zero-order chi connectivity index (χ0) is 23.9. The molecule has 0 saturated carbocycles. The van der Waals surface area contributed by atoms with Crippen LogP contribution in [0.15, 0.2) is 30.3 Å². The van der Waals surface area contributed by atoms with Crippen LogP contribution in [0.25, 0.3) is 5.65 Å². The molecule has 10 heteroatoms. The van der Waals surface area contributed by atoms with E-state index in [2.05, 4.69) is 15.3 Å². The van der Waals surface area contributed by atoms with Crippen LogP contribution in [0.5, 0.6) is 0 Å². The minimum absolute atomic E-state index is 0.00892. The number of benzene rings is 1. The van der Waals surface area contributed by atoms with E-state index in [1.807, 2.05) is 55.7 Å². The number of nitrogens with zero attached hydrogens (tertiary/aromatic N) is 6. The van der Waals surface area contributed by atoms with Crippen LogP contribution < -0.4 is 9.80 Å². The van der Waals surface area contributed by atoms with Gasteiger partial charge in [0, 0.05) is 30.7 Å². The lowest BCUT2D eigenvalue weighted by Crippen LogP contribution is -2.46. The average Bonchev–Trinajstić information content (AvgIpc) is 3.20. The van der Waals surface area contributed by atoms with Crippen molar-refractivity contribution in [3.05, 3.63) is 47.3 Å². The molecule has 2 aromatic heterocycles. The predicted molar refractivity (Wildman–Crippen MR) is 119 cm³/mol. The summed E-state index contributed by atoms with van der Waals surface area (Å²) < 4.78 is 40.3. The topological polar surface area (TPSA) is 66.6 Å². The number of anilines is 2. The van der Waals surface area contributed by atoms with Crippen LogP contribution >= 0.6 is 0 Å². The van der Waals surface area contributed by atoms with Crippen molar-refractivity contribution in [2.45, 2.75) is 52.8 Å². The van der Waals surface area contributed by atoms with Crippen molar-refractivity contribution >= 4 is 23.1 Å². The van der Waals surface area contributed by atoms with E-state index in [4.69, 9.17) is 0 Å². The zero-order valence-corrected chi connectivity index (χ0v) is 19.1. The smallest absolute Gasteiger partial charge is 0.355 e. The van der Waals surface area contributed by atoms with Gasteiger partial charge in [0.15, 0.2) is 5.65 Å². The first-order valence-corrected chi connectivity index (χ1v) is 11.0. The molecule has 0 unspecified atom stereocenters. The van der Waals surface area contributed by atoms with E-state index in [0.29, 0.717) is 31.7 Å². The number of hydrogen-bond donors (Lipinski definition) is 0. The Kier molecular flexibility index (Phi) is 6.02. The number of rotatable bonds is 4. The van der Waals surface area contributed by atoms with Gasteiger partial charge in [-0.3, -0.25) is 4.79 Å². The fourth-order valence-electron chi connectivity index (χ4n) is 4.31. The molecule has 33 heavy (non-hydrogen) atoms. The molecule has 7 nitrogen and oxygen atoms in total. The van der Waals surface area contributed by atoms with Gasteiger partial charge in [0.1, 0.15) is 5.82 Å². The van der Waals surface area contributed by atoms with Crippen LogP contribution in [0, 0.1) is 19.8 Å². The molecule has 1 fully saturated rings. The lowest BCUT2D eigenvalue weighted by atomic mass is 9.94. The number of amides is 1. The van der Waals surface area contributed by atoms with Crippen LogP contribution in [0.3, 0.4) is 0 Å². The van der Waals surface area contributed by atoms with Crippen molar-refractivity contribution in [3.63, 3.8) is 0 Å². The highest BCUT2D eigenvalue weighted by Gasteiger charge is 2.38. The van der Waals surface area contributed by atoms with Gasteiger partial charge in [-0.15, -0.1) is 15.3 Å². The number of piperidine rings is 1. The van der Waals surface area contributed by atoms with Crippen LogP contribution in [0.2, 0.25) is 0 Å². The van der Waals surface area contributed by atoms with Crippen LogP contribution in [-0.2, 0) is 11.0 Å². The van der Waals surface area contributed by atoms with E-state index in [0.717, 1.165) is 21.3 Å². The number of aryl methyl sites for hydroxylation is 2. The molecule has 1 aromatic carbocycles. The van der Waals surface area contributed by atoms with Crippen molar-refractivity contribution in [1.29, 1.82) is 0 Å². The summed E-state index contributed by atoms with van der Waals surface area (Å²) in [6, 6.07) is 9.22. The first-order chi connectivity index (χ1) is 15.6. The second-order valence-electron chi connectivity index (χ2n) is 8.84. The standard InChI is InChI=1S/C23H27F3N6O/c1-14(2)31(18-13-15(3)5-6-16(18)4)21(33)17-9-11-30(12-10-17)20-8-7-19-27-28-22(23(24,25)26)32(19)29-20/h5-8,13-14,17H,9-12H2,1-4H3. The highest BCUT2D eigenvalue weighted by atomic mass is 19.4. The zero-order valence-electron chi connectivity index (χ0n) is 19.1. The van der Waals surface area contributed by atoms with Crippen molar-refractivity contribution in [1.82, 2.24) is 19.8 Å². The first-order valence-electron chi connectivity index (χ1n) is 11.0. The number of aromatic nitrogens is 4. The maximum atomic E-state index is 13.5. The van der Waals surface area contributed by atoms with E-state index in [1.54, 1.807) is 6.07 Å². The summed E-state index contributed by atoms with van der Waals surface area (Å²) in [5, 5.41) is 10.9. The van der Waals surface area contributed by atoms with Crippen molar-refractivity contribution < 1.29 is 18.0 Å². The molecular weight excluding hydrogens is 433 g/mol. The number of fused-ring (bicyclic) bond motifs is 1. The van der Waals surface area contributed by atoms with Gasteiger partial charge in [0.05, 0.1) is 0 Å². The van der Waals surface area contributed by atoms with Gasteiger partial charge >= 0.3 is 6.18 Å². The second-order valence-corrected chi connectivity index (χ2v) is 8.84. The Morgan fingerprint density at radius 1 is 1.09 bits per heavy atom. The largest absolute Gasteiger partial charge is 0.453 e. The predicted octanol–water partition coefficient (Wildman–Crippen LogP) is 4.42. The Labute approximate surface area is 190 Å². The molecule has 1 saturated heterocycles. The molecule has 0 spiro atoms. The summed E-state index contributed by atoms with van der Waals surface area (Å²) in [6.45, 7) is 9.07. The third-order valence-electron chi connectivity index (χ3n) is 6.05. The molecule has 0 bridgehead atoms. The SMILES string of the molecule is Cc1ccc(C)c(N(C(=O)C2CCN(c3ccc4nnc(C(F)(F)F)n4n3)CC2)C(C)C)c1. The lowest BCUT2D eigenvalue weighted by molar-refractivity contribution is -0.146. The van der Waals surface area contributed by atoms with Crippen LogP contribution in [0.4, 0.5) is 24.7 Å². The minimum Gasteiger partial charge on any atom is -0.355 e. The Hall–Kier alpha value is -3.17. The number of carbonyl (C=O) groups is 1. The summed E-state index contributed by atoms with van der Waals surface area (Å²) in [4.78, 5) is 17.3. The first kappa shape index (κ1) is 23.0. The molecule has 1 aliphatic rings. The molecule has 0 radical (unpaired) electrons. The third-order valence-corrected chi connectivity index (χ3v) is 6.05. The van der Waals surface area contributed by atoms with E-state index in [1.165, 1.54) is 6.07 Å². The molecule has 3 heterocycles. The summed E-state index contributed by atoms with van der Waals surface area (Å²) in [6.07, 6.45) is -3.44. The number of carbonyl (C=O) groups excluding carboxylic acids is 1. The normalized spacial score (nSPS) is 15.5. The second kappa shape index (κ2) is 8.64. The van der Waals surface area contributed by atoms with Gasteiger partial charge in [-0.1, -0.05) is 12.1 Å². The number of halogens is 3.